The first-order valence-corrected chi connectivity index (χ1v) is 9.13. The Morgan fingerprint density at radius 3 is 2.27 bits per heavy atom. The standard InChI is InChI=1S/C21H25ClN2O2/c1-15(2)23-21(26)16(3)24(14-17-8-5-4-6-9-17)20(25)13-18-10-7-11-19(22)12-18/h4-12,15-16H,13-14H2,1-3H3,(H,23,26). The summed E-state index contributed by atoms with van der Waals surface area (Å²) >= 11 is 6.02. The van der Waals surface area contributed by atoms with Gasteiger partial charge in [0.05, 0.1) is 6.42 Å². The van der Waals surface area contributed by atoms with Crippen molar-refractivity contribution >= 4 is 23.4 Å². The zero-order valence-electron chi connectivity index (χ0n) is 15.4. The van der Waals surface area contributed by atoms with E-state index in [0.717, 1.165) is 11.1 Å². The van der Waals surface area contributed by atoms with Crippen LogP contribution in [0.2, 0.25) is 5.02 Å². The molecular weight excluding hydrogens is 348 g/mol. The lowest BCUT2D eigenvalue weighted by Gasteiger charge is -2.29. The highest BCUT2D eigenvalue weighted by Crippen LogP contribution is 2.15. The Kier molecular flexibility index (Phi) is 7.22. The quantitative estimate of drug-likeness (QED) is 0.803. The van der Waals surface area contributed by atoms with Gasteiger partial charge in [-0.1, -0.05) is 54.1 Å². The van der Waals surface area contributed by atoms with Gasteiger partial charge in [-0.05, 0) is 44.0 Å². The average Bonchev–Trinajstić information content (AvgIpc) is 2.59. The first-order chi connectivity index (χ1) is 12.4. The number of hydrogen-bond donors (Lipinski definition) is 1. The maximum Gasteiger partial charge on any atom is 0.242 e. The number of nitrogens with one attached hydrogen (secondary N) is 1. The van der Waals surface area contributed by atoms with Crippen molar-refractivity contribution in [3.63, 3.8) is 0 Å². The minimum atomic E-state index is -0.565. The SMILES string of the molecule is CC(C)NC(=O)C(C)N(Cc1ccccc1)C(=O)Cc1cccc(Cl)c1. The zero-order chi connectivity index (χ0) is 19.1. The molecule has 1 atom stereocenters. The number of carbonyl (C=O) groups is 2. The maximum atomic E-state index is 13.0. The highest BCUT2D eigenvalue weighted by molar-refractivity contribution is 6.30. The van der Waals surface area contributed by atoms with Crippen molar-refractivity contribution in [2.24, 2.45) is 0 Å². The molecule has 138 valence electrons. The number of nitrogens with zero attached hydrogens (tertiary/aromatic N) is 1. The minimum Gasteiger partial charge on any atom is -0.352 e. The van der Waals surface area contributed by atoms with Gasteiger partial charge in [0.25, 0.3) is 0 Å². The summed E-state index contributed by atoms with van der Waals surface area (Å²) in [5.74, 6) is -0.266. The van der Waals surface area contributed by atoms with Crippen molar-refractivity contribution < 1.29 is 9.59 Å². The van der Waals surface area contributed by atoms with E-state index in [1.165, 1.54) is 0 Å². The summed E-state index contributed by atoms with van der Waals surface area (Å²) in [6.45, 7) is 5.95. The van der Waals surface area contributed by atoms with Crippen LogP contribution in [0.1, 0.15) is 31.9 Å². The van der Waals surface area contributed by atoms with Gasteiger partial charge in [-0.15, -0.1) is 0 Å². The molecule has 0 saturated heterocycles. The van der Waals surface area contributed by atoms with Crippen molar-refractivity contribution in [3.05, 3.63) is 70.7 Å². The monoisotopic (exact) mass is 372 g/mol. The Balaban J connectivity index is 2.20. The third kappa shape index (κ3) is 5.88. The Morgan fingerprint density at radius 1 is 1.00 bits per heavy atom. The predicted molar refractivity (Wildman–Crippen MR) is 105 cm³/mol. The first-order valence-electron chi connectivity index (χ1n) is 8.75. The molecule has 2 amide bonds. The van der Waals surface area contributed by atoms with Crippen LogP contribution in [0.15, 0.2) is 54.6 Å². The second-order valence-corrected chi connectivity index (χ2v) is 7.09. The van der Waals surface area contributed by atoms with Gasteiger partial charge < -0.3 is 10.2 Å². The first kappa shape index (κ1) is 20.0. The maximum absolute atomic E-state index is 13.0. The molecule has 2 aromatic carbocycles. The summed E-state index contributed by atoms with van der Waals surface area (Å²) in [5.41, 5.74) is 1.81. The van der Waals surface area contributed by atoms with E-state index in [0.29, 0.717) is 11.6 Å². The molecular formula is C21H25ClN2O2. The molecule has 2 aromatic rings. The van der Waals surface area contributed by atoms with Crippen LogP contribution in [0.4, 0.5) is 0 Å². The van der Waals surface area contributed by atoms with Gasteiger partial charge in [0.1, 0.15) is 6.04 Å². The second kappa shape index (κ2) is 9.39. The second-order valence-electron chi connectivity index (χ2n) is 6.65. The van der Waals surface area contributed by atoms with Crippen LogP contribution < -0.4 is 5.32 Å². The third-order valence-electron chi connectivity index (χ3n) is 4.04. The largest absolute Gasteiger partial charge is 0.352 e. The third-order valence-corrected chi connectivity index (χ3v) is 4.27. The van der Waals surface area contributed by atoms with E-state index in [4.69, 9.17) is 11.6 Å². The van der Waals surface area contributed by atoms with Crippen LogP contribution in [-0.2, 0) is 22.6 Å². The zero-order valence-corrected chi connectivity index (χ0v) is 16.2. The Labute approximate surface area is 160 Å². The molecule has 0 spiro atoms. The molecule has 0 aromatic heterocycles. The lowest BCUT2D eigenvalue weighted by atomic mass is 10.1. The summed E-state index contributed by atoms with van der Waals surface area (Å²) in [4.78, 5) is 27.1. The van der Waals surface area contributed by atoms with Crippen LogP contribution in [0.5, 0.6) is 0 Å². The number of hydrogen-bond acceptors (Lipinski definition) is 2. The van der Waals surface area contributed by atoms with E-state index in [9.17, 15) is 9.59 Å². The van der Waals surface area contributed by atoms with E-state index < -0.39 is 6.04 Å². The summed E-state index contributed by atoms with van der Waals surface area (Å²) in [5, 5.41) is 3.48. The fourth-order valence-electron chi connectivity index (χ4n) is 2.69. The van der Waals surface area contributed by atoms with Crippen molar-refractivity contribution in [2.75, 3.05) is 0 Å². The van der Waals surface area contributed by atoms with Crippen LogP contribution >= 0.6 is 11.6 Å². The lowest BCUT2D eigenvalue weighted by Crippen LogP contribution is -2.49. The average molecular weight is 373 g/mol. The van der Waals surface area contributed by atoms with Gasteiger partial charge in [0.2, 0.25) is 11.8 Å². The Morgan fingerprint density at radius 2 is 1.65 bits per heavy atom. The molecule has 0 radical (unpaired) electrons. The van der Waals surface area contributed by atoms with E-state index >= 15 is 0 Å². The molecule has 0 bridgehead atoms. The summed E-state index contributed by atoms with van der Waals surface area (Å²) in [7, 11) is 0. The predicted octanol–water partition coefficient (Wildman–Crippen LogP) is 3.82. The molecule has 5 heteroatoms. The lowest BCUT2D eigenvalue weighted by molar-refractivity contribution is -0.140. The van der Waals surface area contributed by atoms with Crippen molar-refractivity contribution in [2.45, 2.75) is 45.8 Å². The molecule has 0 aliphatic heterocycles. The smallest absolute Gasteiger partial charge is 0.242 e. The van der Waals surface area contributed by atoms with Crippen LogP contribution in [0.25, 0.3) is 0 Å². The number of halogens is 1. The molecule has 26 heavy (non-hydrogen) atoms. The van der Waals surface area contributed by atoms with E-state index in [1.54, 1.807) is 24.0 Å². The van der Waals surface area contributed by atoms with Gasteiger partial charge in [-0.25, -0.2) is 0 Å². The number of amides is 2. The molecule has 0 aliphatic carbocycles. The molecule has 0 heterocycles. The number of benzene rings is 2. The molecule has 2 rings (SSSR count). The molecule has 4 nitrogen and oxygen atoms in total. The fourth-order valence-corrected chi connectivity index (χ4v) is 2.90. The number of rotatable bonds is 7. The topological polar surface area (TPSA) is 49.4 Å². The van der Waals surface area contributed by atoms with Gasteiger partial charge in [-0.3, -0.25) is 9.59 Å². The normalized spacial score (nSPS) is 11.9. The van der Waals surface area contributed by atoms with Gasteiger partial charge in [0.15, 0.2) is 0 Å². The van der Waals surface area contributed by atoms with Crippen LogP contribution in [0.3, 0.4) is 0 Å². The van der Waals surface area contributed by atoms with Crippen LogP contribution in [0, 0.1) is 0 Å². The van der Waals surface area contributed by atoms with E-state index in [1.807, 2.05) is 56.3 Å². The van der Waals surface area contributed by atoms with Gasteiger partial charge in [0, 0.05) is 17.6 Å². The summed E-state index contributed by atoms with van der Waals surface area (Å²) in [6, 6.07) is 16.4. The Hall–Kier alpha value is -2.33. The summed E-state index contributed by atoms with van der Waals surface area (Å²) < 4.78 is 0. The molecule has 0 saturated carbocycles. The van der Waals surface area contributed by atoms with Crippen molar-refractivity contribution in [1.29, 1.82) is 0 Å². The number of carbonyl (C=O) groups excluding carboxylic acids is 2. The highest BCUT2D eigenvalue weighted by atomic mass is 35.5. The molecule has 0 aliphatic rings. The highest BCUT2D eigenvalue weighted by Gasteiger charge is 2.26. The van der Waals surface area contributed by atoms with E-state index in [-0.39, 0.29) is 24.3 Å². The van der Waals surface area contributed by atoms with Crippen molar-refractivity contribution in [3.8, 4) is 0 Å². The molecule has 0 fully saturated rings. The Bertz CT molecular complexity index is 747. The fraction of sp³-hybridized carbons (Fsp3) is 0.333. The molecule has 1 unspecified atom stereocenters. The van der Waals surface area contributed by atoms with E-state index in [2.05, 4.69) is 5.32 Å². The summed E-state index contributed by atoms with van der Waals surface area (Å²) in [6.07, 6.45) is 0.201. The minimum absolute atomic E-state index is 0.0200. The molecule has 1 N–H and O–H groups in total. The van der Waals surface area contributed by atoms with Gasteiger partial charge in [-0.2, -0.15) is 0 Å². The van der Waals surface area contributed by atoms with Gasteiger partial charge >= 0.3 is 0 Å². The van der Waals surface area contributed by atoms with Crippen molar-refractivity contribution in [1.82, 2.24) is 10.2 Å². The van der Waals surface area contributed by atoms with Crippen LogP contribution in [-0.4, -0.2) is 28.8 Å².